The summed E-state index contributed by atoms with van der Waals surface area (Å²) >= 11 is 5.73. The van der Waals surface area contributed by atoms with Crippen LogP contribution in [0.5, 0.6) is 0 Å². The molecule has 0 bridgehead atoms. The normalized spacial score (nSPS) is 16.1. The first-order chi connectivity index (χ1) is 8.63. The molecule has 1 aliphatic heterocycles. The maximum atomic E-state index is 12.4. The minimum Gasteiger partial charge on any atom is -0.339 e. The second kappa shape index (κ2) is 7.81. The number of nitrogens with zero attached hydrogens (tertiary/aromatic N) is 1. The molecule has 1 aliphatic rings. The van der Waals surface area contributed by atoms with Gasteiger partial charge in [-0.1, -0.05) is 6.07 Å². The highest BCUT2D eigenvalue weighted by Gasteiger charge is 2.24. The van der Waals surface area contributed by atoms with Gasteiger partial charge >= 0.3 is 0 Å². The Morgan fingerprint density at radius 3 is 2.63 bits per heavy atom. The molecule has 1 heterocycles. The summed E-state index contributed by atoms with van der Waals surface area (Å²) in [5.74, 6) is 0.698. The molecule has 0 atom stereocenters. The van der Waals surface area contributed by atoms with E-state index in [1.54, 1.807) is 0 Å². The van der Waals surface area contributed by atoms with Gasteiger partial charge in [0.15, 0.2) is 0 Å². The Labute approximate surface area is 142 Å². The molecule has 0 radical (unpaired) electrons. The van der Waals surface area contributed by atoms with Gasteiger partial charge in [-0.25, -0.2) is 0 Å². The molecule has 3 nitrogen and oxygen atoms in total. The van der Waals surface area contributed by atoms with Gasteiger partial charge in [-0.3, -0.25) is 4.79 Å². The lowest BCUT2D eigenvalue weighted by Crippen LogP contribution is -2.40. The zero-order valence-electron chi connectivity index (χ0n) is 10.4. The molecule has 1 aromatic rings. The number of halogens is 3. The minimum absolute atomic E-state index is 0. The first-order valence-corrected chi connectivity index (χ1v) is 7.94. The SMILES string of the molecule is Cl.NCC1CCN(C(=O)c2cccc(I)c2Br)CC1. The first kappa shape index (κ1) is 17.2. The van der Waals surface area contributed by atoms with Crippen LogP contribution in [0.4, 0.5) is 0 Å². The van der Waals surface area contributed by atoms with Crippen LogP contribution < -0.4 is 5.73 Å². The molecular formula is C13H17BrClIN2O. The lowest BCUT2D eigenvalue weighted by atomic mass is 9.96. The van der Waals surface area contributed by atoms with Crippen LogP contribution in [0.1, 0.15) is 23.2 Å². The van der Waals surface area contributed by atoms with Gasteiger partial charge in [-0.15, -0.1) is 12.4 Å². The van der Waals surface area contributed by atoms with Crippen LogP contribution in [0.15, 0.2) is 22.7 Å². The molecule has 6 heteroatoms. The van der Waals surface area contributed by atoms with Gasteiger partial charge in [-0.2, -0.15) is 0 Å². The summed E-state index contributed by atoms with van der Waals surface area (Å²) in [4.78, 5) is 14.4. The predicted molar refractivity (Wildman–Crippen MR) is 91.8 cm³/mol. The van der Waals surface area contributed by atoms with Crippen molar-refractivity contribution in [2.75, 3.05) is 19.6 Å². The van der Waals surface area contributed by atoms with E-state index >= 15 is 0 Å². The molecule has 0 aliphatic carbocycles. The van der Waals surface area contributed by atoms with Crippen molar-refractivity contribution >= 4 is 56.8 Å². The molecule has 2 rings (SSSR count). The Hall–Kier alpha value is 0.150. The summed E-state index contributed by atoms with van der Waals surface area (Å²) in [6.45, 7) is 2.37. The van der Waals surface area contributed by atoms with E-state index in [0.29, 0.717) is 5.92 Å². The number of piperidine rings is 1. The lowest BCUT2D eigenvalue weighted by molar-refractivity contribution is 0.0692. The first-order valence-electron chi connectivity index (χ1n) is 6.07. The maximum Gasteiger partial charge on any atom is 0.255 e. The fraction of sp³-hybridized carbons (Fsp3) is 0.462. The van der Waals surface area contributed by atoms with Crippen LogP contribution >= 0.6 is 50.9 Å². The smallest absolute Gasteiger partial charge is 0.255 e. The third kappa shape index (κ3) is 4.06. The highest BCUT2D eigenvalue weighted by atomic mass is 127. The molecular weight excluding hydrogens is 442 g/mol. The lowest BCUT2D eigenvalue weighted by Gasteiger charge is -2.31. The average Bonchev–Trinajstić information content (AvgIpc) is 2.41. The van der Waals surface area contributed by atoms with Crippen LogP contribution in [-0.2, 0) is 0 Å². The summed E-state index contributed by atoms with van der Waals surface area (Å²) in [5, 5.41) is 0. The number of benzene rings is 1. The Morgan fingerprint density at radius 1 is 1.42 bits per heavy atom. The summed E-state index contributed by atoms with van der Waals surface area (Å²) in [5.41, 5.74) is 6.43. The highest BCUT2D eigenvalue weighted by molar-refractivity contribution is 14.1. The Bertz CT molecular complexity index is 450. The number of hydrogen-bond acceptors (Lipinski definition) is 2. The standard InChI is InChI=1S/C13H16BrIN2O.ClH/c14-12-10(2-1-3-11(12)15)13(18)17-6-4-9(8-16)5-7-17;/h1-3,9H,4-8,16H2;1H. The van der Waals surface area contributed by atoms with E-state index in [1.165, 1.54) is 0 Å². The van der Waals surface area contributed by atoms with Gasteiger partial charge in [0.05, 0.1) is 5.56 Å². The number of carbonyl (C=O) groups is 1. The van der Waals surface area contributed by atoms with Gasteiger partial charge in [0.25, 0.3) is 5.91 Å². The topological polar surface area (TPSA) is 46.3 Å². The summed E-state index contributed by atoms with van der Waals surface area (Å²) in [7, 11) is 0. The second-order valence-corrected chi connectivity index (χ2v) is 6.53. The minimum atomic E-state index is 0. The monoisotopic (exact) mass is 458 g/mol. The molecule has 1 saturated heterocycles. The third-order valence-electron chi connectivity index (χ3n) is 3.42. The van der Waals surface area contributed by atoms with Crippen LogP contribution in [0.25, 0.3) is 0 Å². The van der Waals surface area contributed by atoms with Crippen LogP contribution in [0.2, 0.25) is 0 Å². The predicted octanol–water partition coefficient (Wildman–Crippen LogP) is 3.29. The fourth-order valence-corrected chi connectivity index (χ4v) is 3.14. The molecule has 0 aromatic heterocycles. The Kier molecular flexibility index (Phi) is 7.07. The molecule has 0 saturated carbocycles. The van der Waals surface area contributed by atoms with Crippen molar-refractivity contribution in [1.29, 1.82) is 0 Å². The van der Waals surface area contributed by atoms with Crippen LogP contribution in [0.3, 0.4) is 0 Å². The maximum absolute atomic E-state index is 12.4. The molecule has 1 amide bonds. The largest absolute Gasteiger partial charge is 0.339 e. The molecule has 2 N–H and O–H groups in total. The third-order valence-corrected chi connectivity index (χ3v) is 5.91. The quantitative estimate of drug-likeness (QED) is 0.690. The molecule has 1 aromatic carbocycles. The second-order valence-electron chi connectivity index (χ2n) is 4.57. The van der Waals surface area contributed by atoms with Crippen LogP contribution in [-0.4, -0.2) is 30.4 Å². The number of hydrogen-bond donors (Lipinski definition) is 1. The zero-order chi connectivity index (χ0) is 13.1. The zero-order valence-corrected chi connectivity index (χ0v) is 15.0. The van der Waals surface area contributed by atoms with E-state index < -0.39 is 0 Å². The molecule has 0 unspecified atom stereocenters. The van der Waals surface area contributed by atoms with Crippen molar-refractivity contribution in [3.63, 3.8) is 0 Å². The molecule has 1 fully saturated rings. The number of rotatable bonds is 2. The van der Waals surface area contributed by atoms with E-state index in [4.69, 9.17) is 5.73 Å². The highest BCUT2D eigenvalue weighted by Crippen LogP contribution is 2.26. The van der Waals surface area contributed by atoms with Gasteiger partial charge in [0.2, 0.25) is 0 Å². The van der Waals surface area contributed by atoms with Crippen molar-refractivity contribution in [3.05, 3.63) is 31.8 Å². The van der Waals surface area contributed by atoms with Gasteiger partial charge in [0, 0.05) is 21.1 Å². The van der Waals surface area contributed by atoms with Crippen LogP contribution in [0, 0.1) is 9.49 Å². The molecule has 0 spiro atoms. The fourth-order valence-electron chi connectivity index (χ4n) is 2.21. The van der Waals surface area contributed by atoms with Gasteiger partial charge < -0.3 is 10.6 Å². The Balaban J connectivity index is 0.00000180. The number of nitrogens with two attached hydrogens (primary N) is 1. The molecule has 19 heavy (non-hydrogen) atoms. The summed E-state index contributed by atoms with van der Waals surface area (Å²) in [6.07, 6.45) is 2.04. The Morgan fingerprint density at radius 2 is 2.05 bits per heavy atom. The summed E-state index contributed by atoms with van der Waals surface area (Å²) in [6, 6.07) is 5.79. The van der Waals surface area contributed by atoms with Gasteiger partial charge in [0.1, 0.15) is 0 Å². The summed E-state index contributed by atoms with van der Waals surface area (Å²) < 4.78 is 1.96. The van der Waals surface area contributed by atoms with Crippen molar-refractivity contribution in [3.8, 4) is 0 Å². The number of carbonyl (C=O) groups excluding carboxylic acids is 1. The van der Waals surface area contributed by atoms with Crippen molar-refractivity contribution < 1.29 is 4.79 Å². The van der Waals surface area contributed by atoms with E-state index in [1.807, 2.05) is 23.1 Å². The van der Waals surface area contributed by atoms with Crippen molar-refractivity contribution in [2.24, 2.45) is 11.7 Å². The van der Waals surface area contributed by atoms with Crippen molar-refractivity contribution in [2.45, 2.75) is 12.8 Å². The van der Waals surface area contributed by atoms with E-state index in [0.717, 1.165) is 46.1 Å². The number of likely N-dealkylation sites (tertiary alicyclic amines) is 1. The van der Waals surface area contributed by atoms with E-state index in [-0.39, 0.29) is 18.3 Å². The average molecular weight is 460 g/mol. The van der Waals surface area contributed by atoms with Crippen molar-refractivity contribution in [1.82, 2.24) is 4.90 Å². The van der Waals surface area contributed by atoms with Gasteiger partial charge in [-0.05, 0) is 76.0 Å². The van der Waals surface area contributed by atoms with E-state index in [9.17, 15) is 4.79 Å². The number of amides is 1. The molecule has 106 valence electrons. The van der Waals surface area contributed by atoms with E-state index in [2.05, 4.69) is 38.5 Å².